The molecule has 0 bridgehead atoms. The van der Waals surface area contributed by atoms with Gasteiger partial charge in [-0.05, 0) is 25.2 Å². The van der Waals surface area contributed by atoms with Gasteiger partial charge >= 0.3 is 0 Å². The highest BCUT2D eigenvalue weighted by molar-refractivity contribution is 6.31. The molecule has 1 fully saturated rings. The van der Waals surface area contributed by atoms with Crippen LogP contribution in [0.15, 0.2) is 6.33 Å². The van der Waals surface area contributed by atoms with Gasteiger partial charge in [-0.25, -0.2) is 9.97 Å². The predicted octanol–water partition coefficient (Wildman–Crippen LogP) is 2.10. The maximum Gasteiger partial charge on any atom is 0.198 e. The molecule has 0 radical (unpaired) electrons. The molecule has 2 unspecified atom stereocenters. The fourth-order valence-corrected chi connectivity index (χ4v) is 2.56. The third kappa shape index (κ3) is 3.23. The van der Waals surface area contributed by atoms with Crippen molar-refractivity contribution >= 4 is 17.4 Å². The molecule has 0 spiro atoms. The molecule has 0 aliphatic heterocycles. The second kappa shape index (κ2) is 6.20. The highest BCUT2D eigenvalue weighted by Crippen LogP contribution is 2.30. The Bertz CT molecular complexity index is 403. The molecule has 1 aromatic rings. The summed E-state index contributed by atoms with van der Waals surface area (Å²) in [6.07, 6.45) is 5.21. The van der Waals surface area contributed by atoms with Crippen molar-refractivity contribution in [3.8, 4) is 5.75 Å². The van der Waals surface area contributed by atoms with Crippen molar-refractivity contribution < 1.29 is 9.84 Å². The molecule has 5 nitrogen and oxygen atoms in total. The Morgan fingerprint density at radius 2 is 2.33 bits per heavy atom. The lowest BCUT2D eigenvalue weighted by atomic mass is 9.87. The van der Waals surface area contributed by atoms with Crippen LogP contribution >= 0.6 is 11.6 Å². The van der Waals surface area contributed by atoms with E-state index in [9.17, 15) is 5.11 Å². The lowest BCUT2D eigenvalue weighted by molar-refractivity contribution is 0.104. The molecule has 1 heterocycles. The zero-order valence-corrected chi connectivity index (χ0v) is 11.2. The zero-order chi connectivity index (χ0) is 13.0. The topological polar surface area (TPSA) is 67.3 Å². The molecule has 18 heavy (non-hydrogen) atoms. The number of methoxy groups -OCH3 is 1. The van der Waals surface area contributed by atoms with Gasteiger partial charge in [0.25, 0.3) is 0 Å². The summed E-state index contributed by atoms with van der Waals surface area (Å²) in [5, 5.41) is 13.2. The number of aromatic nitrogens is 2. The molecular weight excluding hydrogens is 254 g/mol. The first-order valence-electron chi connectivity index (χ1n) is 6.17. The summed E-state index contributed by atoms with van der Waals surface area (Å²) in [6.45, 7) is 0.765. The monoisotopic (exact) mass is 271 g/mol. The average Bonchev–Trinajstić information content (AvgIpc) is 2.36. The van der Waals surface area contributed by atoms with E-state index in [2.05, 4.69) is 15.3 Å². The normalized spacial score (nSPS) is 23.7. The van der Waals surface area contributed by atoms with Crippen molar-refractivity contribution in [2.75, 3.05) is 19.0 Å². The number of aliphatic hydroxyl groups excluding tert-OH is 1. The van der Waals surface area contributed by atoms with Gasteiger partial charge in [-0.15, -0.1) is 0 Å². The van der Waals surface area contributed by atoms with Crippen LogP contribution in [-0.4, -0.2) is 34.8 Å². The number of nitrogens with zero attached hydrogens (tertiary/aromatic N) is 2. The van der Waals surface area contributed by atoms with E-state index in [-0.39, 0.29) is 6.10 Å². The van der Waals surface area contributed by atoms with Gasteiger partial charge < -0.3 is 15.2 Å². The largest absolute Gasteiger partial charge is 0.490 e. The molecule has 0 aromatic carbocycles. The average molecular weight is 272 g/mol. The maximum atomic E-state index is 9.62. The van der Waals surface area contributed by atoms with Crippen LogP contribution in [0.25, 0.3) is 0 Å². The highest BCUT2D eigenvalue weighted by atomic mass is 35.5. The van der Waals surface area contributed by atoms with E-state index in [1.54, 1.807) is 7.11 Å². The van der Waals surface area contributed by atoms with Gasteiger partial charge in [0.1, 0.15) is 6.33 Å². The second-order valence-electron chi connectivity index (χ2n) is 4.61. The molecule has 100 valence electrons. The summed E-state index contributed by atoms with van der Waals surface area (Å²) in [5.41, 5.74) is 0. The summed E-state index contributed by atoms with van der Waals surface area (Å²) < 4.78 is 5.17. The number of ether oxygens (including phenoxy) is 1. The summed E-state index contributed by atoms with van der Waals surface area (Å²) in [6, 6.07) is 0. The molecule has 1 aromatic heterocycles. The van der Waals surface area contributed by atoms with Crippen LogP contribution in [0.4, 0.5) is 5.82 Å². The van der Waals surface area contributed by atoms with Crippen molar-refractivity contribution in [1.29, 1.82) is 0 Å². The van der Waals surface area contributed by atoms with Crippen molar-refractivity contribution in [2.45, 2.75) is 31.8 Å². The summed E-state index contributed by atoms with van der Waals surface area (Å²) in [7, 11) is 1.54. The van der Waals surface area contributed by atoms with E-state index in [4.69, 9.17) is 16.3 Å². The van der Waals surface area contributed by atoms with Gasteiger partial charge in [0.2, 0.25) is 0 Å². The Morgan fingerprint density at radius 1 is 1.50 bits per heavy atom. The zero-order valence-electron chi connectivity index (χ0n) is 10.4. The minimum atomic E-state index is -0.165. The van der Waals surface area contributed by atoms with Crippen LogP contribution in [-0.2, 0) is 0 Å². The van der Waals surface area contributed by atoms with E-state index in [1.165, 1.54) is 6.33 Å². The van der Waals surface area contributed by atoms with Crippen molar-refractivity contribution in [3.05, 3.63) is 11.5 Å². The first kappa shape index (κ1) is 13.4. The molecule has 6 heteroatoms. The summed E-state index contributed by atoms with van der Waals surface area (Å²) in [5.74, 6) is 1.54. The van der Waals surface area contributed by atoms with Gasteiger partial charge in [-0.3, -0.25) is 0 Å². The second-order valence-corrected chi connectivity index (χ2v) is 4.97. The smallest absolute Gasteiger partial charge is 0.198 e. The third-order valence-electron chi connectivity index (χ3n) is 3.28. The molecule has 2 N–H and O–H groups in total. The predicted molar refractivity (Wildman–Crippen MR) is 70.0 cm³/mol. The van der Waals surface area contributed by atoms with Gasteiger partial charge in [0.15, 0.2) is 16.7 Å². The lowest BCUT2D eigenvalue weighted by Gasteiger charge is -2.26. The first-order chi connectivity index (χ1) is 8.70. The van der Waals surface area contributed by atoms with Gasteiger partial charge in [0.05, 0.1) is 13.2 Å². The van der Waals surface area contributed by atoms with Crippen LogP contribution < -0.4 is 10.1 Å². The molecule has 1 aliphatic rings. The van der Waals surface area contributed by atoms with Crippen LogP contribution in [0.2, 0.25) is 5.15 Å². The van der Waals surface area contributed by atoms with Gasteiger partial charge in [-0.1, -0.05) is 18.0 Å². The first-order valence-corrected chi connectivity index (χ1v) is 6.55. The highest BCUT2D eigenvalue weighted by Gasteiger charge is 2.20. The number of anilines is 1. The van der Waals surface area contributed by atoms with E-state index in [0.717, 1.165) is 32.2 Å². The number of nitrogens with one attached hydrogen (secondary N) is 1. The quantitative estimate of drug-likeness (QED) is 0.821. The van der Waals surface area contributed by atoms with Gasteiger partial charge in [0, 0.05) is 6.54 Å². The lowest BCUT2D eigenvalue weighted by Crippen LogP contribution is -2.25. The van der Waals surface area contributed by atoms with E-state index < -0.39 is 0 Å². The van der Waals surface area contributed by atoms with Crippen LogP contribution in [0.3, 0.4) is 0 Å². The number of aliphatic hydroxyl groups is 1. The van der Waals surface area contributed by atoms with Crippen molar-refractivity contribution in [1.82, 2.24) is 9.97 Å². The minimum absolute atomic E-state index is 0.165. The molecule has 0 amide bonds. The number of rotatable bonds is 4. The standard InChI is InChI=1S/C12H18ClN3O2/c1-18-10-11(13)15-7-16-12(10)14-6-8-3-2-4-9(17)5-8/h7-9,17H,2-6H2,1H3,(H,14,15,16). The van der Waals surface area contributed by atoms with Crippen molar-refractivity contribution in [2.24, 2.45) is 5.92 Å². The number of hydrogen-bond donors (Lipinski definition) is 2. The van der Waals surface area contributed by atoms with Gasteiger partial charge in [-0.2, -0.15) is 0 Å². The van der Waals surface area contributed by atoms with Crippen LogP contribution in [0.5, 0.6) is 5.75 Å². The van der Waals surface area contributed by atoms with Crippen LogP contribution in [0.1, 0.15) is 25.7 Å². The molecule has 1 saturated carbocycles. The molecular formula is C12H18ClN3O2. The Balaban J connectivity index is 1.95. The summed E-state index contributed by atoms with van der Waals surface area (Å²) >= 11 is 5.92. The Hall–Kier alpha value is -1.07. The van der Waals surface area contributed by atoms with E-state index >= 15 is 0 Å². The SMILES string of the molecule is COc1c(Cl)ncnc1NCC1CCCC(O)C1. The summed E-state index contributed by atoms with van der Waals surface area (Å²) in [4.78, 5) is 7.99. The fourth-order valence-electron chi connectivity index (χ4n) is 2.35. The minimum Gasteiger partial charge on any atom is -0.490 e. The van der Waals surface area contributed by atoms with Crippen LogP contribution in [0, 0.1) is 5.92 Å². The number of halogens is 1. The fraction of sp³-hybridized carbons (Fsp3) is 0.667. The number of hydrogen-bond acceptors (Lipinski definition) is 5. The third-order valence-corrected chi connectivity index (χ3v) is 3.55. The maximum absolute atomic E-state index is 9.62. The Morgan fingerprint density at radius 3 is 3.06 bits per heavy atom. The van der Waals surface area contributed by atoms with Crippen molar-refractivity contribution in [3.63, 3.8) is 0 Å². The van der Waals surface area contributed by atoms with E-state index in [0.29, 0.717) is 22.6 Å². The molecule has 1 aliphatic carbocycles. The molecule has 2 rings (SSSR count). The molecule has 0 saturated heterocycles. The Labute approximate surface area is 112 Å². The van der Waals surface area contributed by atoms with E-state index in [1.807, 2.05) is 0 Å². The molecule has 2 atom stereocenters. The Kier molecular flexibility index (Phi) is 4.60.